The molecule has 1 fully saturated rings. The molecule has 7 heavy (non-hydrogen) atoms. The van der Waals surface area contributed by atoms with Gasteiger partial charge >= 0.3 is 0 Å². The minimum Gasteiger partial charge on any atom is -0.109 e. The average molecular weight is 118 g/mol. The number of nitrogens with zero attached hydrogens (tertiary/aromatic N) is 1. The Morgan fingerprint density at radius 1 is 1.29 bits per heavy atom. The summed E-state index contributed by atoms with van der Waals surface area (Å²) in [5, 5.41) is 0. The third-order valence-corrected chi connectivity index (χ3v) is 2.23. The van der Waals surface area contributed by atoms with Crippen molar-refractivity contribution in [3.05, 3.63) is 4.91 Å². The lowest BCUT2D eigenvalue weighted by Crippen LogP contribution is -2.19. The van der Waals surface area contributed by atoms with Gasteiger partial charge in [0.1, 0.15) is 0 Å². The zero-order valence-electron chi connectivity index (χ0n) is 4.18. The second-order valence-corrected chi connectivity index (χ2v) is 3.18. The minimum absolute atomic E-state index is 0.776. The van der Waals surface area contributed by atoms with E-state index in [2.05, 4.69) is 0 Å². The Hall–Kier alpha value is 0.0300. The molecule has 0 unspecified atom stereocenters. The number of rotatable bonds is 0. The number of nitroso groups, excluding NO2 is 1. The second-order valence-electron chi connectivity index (χ2n) is 1.68. The summed E-state index contributed by atoms with van der Waals surface area (Å²) in [6.07, 6.45) is 2.26. The number of hydrogen-bond acceptors (Lipinski definition) is 1. The monoisotopic (exact) mass is 118 g/mol. The maximum Gasteiger partial charge on any atom is 0.195 e. The van der Waals surface area contributed by atoms with Crippen LogP contribution in [0.3, 0.4) is 0 Å². The van der Waals surface area contributed by atoms with Gasteiger partial charge in [-0.3, -0.25) is 0 Å². The van der Waals surface area contributed by atoms with Crippen molar-refractivity contribution in [3.8, 4) is 0 Å². The molecule has 1 saturated heterocycles. The van der Waals surface area contributed by atoms with Crippen molar-refractivity contribution in [2.75, 3.05) is 25.4 Å². The molecule has 0 aromatic rings. The van der Waals surface area contributed by atoms with Crippen LogP contribution in [-0.4, -0.2) is 30.2 Å². The van der Waals surface area contributed by atoms with Crippen LogP contribution in [0.2, 0.25) is 0 Å². The van der Waals surface area contributed by atoms with Gasteiger partial charge < -0.3 is 0 Å². The van der Waals surface area contributed by atoms with Crippen LogP contribution in [0.4, 0.5) is 0 Å². The summed E-state index contributed by atoms with van der Waals surface area (Å²) in [6, 6.07) is 0. The molecule has 0 bridgehead atoms. The SMILES string of the molecule is O=[N+]1CCPCC1. The Morgan fingerprint density at radius 2 is 1.86 bits per heavy atom. The third kappa shape index (κ3) is 1.52. The Bertz CT molecular complexity index is 75.8. The highest BCUT2D eigenvalue weighted by Crippen LogP contribution is 2.11. The third-order valence-electron chi connectivity index (χ3n) is 1.08. The van der Waals surface area contributed by atoms with Gasteiger partial charge in [-0.15, -0.1) is 8.58 Å². The van der Waals surface area contributed by atoms with Crippen LogP contribution < -0.4 is 0 Å². The van der Waals surface area contributed by atoms with Crippen LogP contribution in [0.5, 0.6) is 0 Å². The first kappa shape index (κ1) is 5.17. The lowest BCUT2D eigenvalue weighted by molar-refractivity contribution is -0.542. The lowest BCUT2D eigenvalue weighted by Gasteiger charge is -1.99. The van der Waals surface area contributed by atoms with E-state index < -0.39 is 0 Å². The van der Waals surface area contributed by atoms with Crippen molar-refractivity contribution in [2.45, 2.75) is 0 Å². The maximum atomic E-state index is 10.4. The first-order valence-electron chi connectivity index (χ1n) is 2.52. The molecule has 0 spiro atoms. The topological polar surface area (TPSA) is 20.1 Å². The van der Waals surface area contributed by atoms with Crippen LogP contribution in [0, 0.1) is 4.91 Å². The highest BCUT2D eigenvalue weighted by Gasteiger charge is 2.11. The zero-order chi connectivity index (χ0) is 5.11. The molecule has 0 radical (unpaired) electrons. The summed E-state index contributed by atoms with van der Waals surface area (Å²) in [5.74, 6) is 0. The molecule has 0 amide bonds. The largest absolute Gasteiger partial charge is 0.195 e. The van der Waals surface area contributed by atoms with E-state index in [1.807, 2.05) is 0 Å². The molecule has 0 aromatic carbocycles. The highest BCUT2D eigenvalue weighted by atomic mass is 31.1. The predicted molar refractivity (Wildman–Crippen MR) is 31.4 cm³/mol. The standard InChI is InChI=1S/C4H9NOP/c6-5-1-3-7-4-2-5/h7H,1-4H2/q+1. The van der Waals surface area contributed by atoms with Gasteiger partial charge in [-0.25, -0.2) is 0 Å². The molecule has 0 saturated carbocycles. The maximum absolute atomic E-state index is 10.4. The highest BCUT2D eigenvalue weighted by molar-refractivity contribution is 7.38. The fraction of sp³-hybridized carbons (Fsp3) is 1.00. The van der Waals surface area contributed by atoms with E-state index in [0.29, 0.717) is 0 Å². The first-order chi connectivity index (χ1) is 3.39. The molecule has 1 rings (SSSR count). The predicted octanol–water partition coefficient (Wildman–Crippen LogP) is 0.457. The van der Waals surface area contributed by atoms with Gasteiger partial charge in [0.25, 0.3) is 0 Å². The van der Waals surface area contributed by atoms with Crippen LogP contribution in [-0.2, 0) is 0 Å². The van der Waals surface area contributed by atoms with Crippen LogP contribution in [0.15, 0.2) is 0 Å². The summed E-state index contributed by atoms with van der Waals surface area (Å²) in [7, 11) is 1.05. The summed E-state index contributed by atoms with van der Waals surface area (Å²) >= 11 is 0. The molecule has 0 N–H and O–H groups in total. The quantitative estimate of drug-likeness (QED) is 0.334. The van der Waals surface area contributed by atoms with E-state index >= 15 is 0 Å². The average Bonchev–Trinajstić information content (AvgIpc) is 1.69. The molecule has 3 heteroatoms. The van der Waals surface area contributed by atoms with Crippen molar-refractivity contribution in [3.63, 3.8) is 0 Å². The van der Waals surface area contributed by atoms with Crippen molar-refractivity contribution >= 4 is 8.58 Å². The Morgan fingerprint density at radius 3 is 2.14 bits per heavy atom. The normalized spacial score (nSPS) is 22.6. The van der Waals surface area contributed by atoms with Gasteiger partial charge in [0, 0.05) is 17.2 Å². The van der Waals surface area contributed by atoms with E-state index in [1.165, 1.54) is 0 Å². The molecule has 1 aliphatic rings. The molecule has 0 atom stereocenters. The summed E-state index contributed by atoms with van der Waals surface area (Å²) in [6.45, 7) is 1.55. The van der Waals surface area contributed by atoms with Crippen LogP contribution in [0.25, 0.3) is 0 Å². The van der Waals surface area contributed by atoms with Crippen LogP contribution in [0.1, 0.15) is 0 Å². The van der Waals surface area contributed by atoms with Crippen molar-refractivity contribution < 1.29 is 4.76 Å². The fourth-order valence-corrected chi connectivity index (χ4v) is 1.71. The molecule has 1 aliphatic heterocycles. The molecule has 1 heterocycles. The molecular weight excluding hydrogens is 109 g/mol. The van der Waals surface area contributed by atoms with Gasteiger partial charge in [-0.05, 0) is 4.76 Å². The van der Waals surface area contributed by atoms with Gasteiger partial charge in [0.15, 0.2) is 13.1 Å². The first-order valence-corrected chi connectivity index (χ1v) is 3.94. The molecule has 0 aliphatic carbocycles. The van der Waals surface area contributed by atoms with Crippen molar-refractivity contribution in [1.82, 2.24) is 0 Å². The Kier molecular flexibility index (Phi) is 1.75. The second kappa shape index (κ2) is 2.37. The van der Waals surface area contributed by atoms with E-state index in [4.69, 9.17) is 0 Å². The summed E-state index contributed by atoms with van der Waals surface area (Å²) in [4.78, 5) is 10.4. The van der Waals surface area contributed by atoms with Gasteiger partial charge in [0.2, 0.25) is 0 Å². The van der Waals surface area contributed by atoms with E-state index in [9.17, 15) is 4.91 Å². The zero-order valence-corrected chi connectivity index (χ0v) is 5.18. The Labute approximate surface area is 44.6 Å². The van der Waals surface area contributed by atoms with Crippen molar-refractivity contribution in [2.24, 2.45) is 0 Å². The van der Waals surface area contributed by atoms with Gasteiger partial charge in [-0.2, -0.15) is 0 Å². The Balaban J connectivity index is 2.25. The molecule has 40 valence electrons. The van der Waals surface area contributed by atoms with Gasteiger partial charge in [-0.1, -0.05) is 0 Å². The van der Waals surface area contributed by atoms with Crippen LogP contribution >= 0.6 is 8.58 Å². The van der Waals surface area contributed by atoms with E-state index in [-0.39, 0.29) is 0 Å². The minimum atomic E-state index is 0.776. The van der Waals surface area contributed by atoms with E-state index in [1.54, 1.807) is 0 Å². The summed E-state index contributed by atoms with van der Waals surface area (Å²) in [5.41, 5.74) is 0. The fourth-order valence-electron chi connectivity index (χ4n) is 0.644. The van der Waals surface area contributed by atoms with Gasteiger partial charge in [0.05, 0.1) is 0 Å². The summed E-state index contributed by atoms with van der Waals surface area (Å²) < 4.78 is 1.15. The van der Waals surface area contributed by atoms with E-state index in [0.717, 1.165) is 38.8 Å². The molecule has 2 nitrogen and oxygen atoms in total. The smallest absolute Gasteiger partial charge is 0.109 e. The number of hydrogen-bond donors (Lipinski definition) is 0. The lowest BCUT2D eigenvalue weighted by atomic mass is 10.6. The molecular formula is C4H9NOP+. The van der Waals surface area contributed by atoms with Crippen molar-refractivity contribution in [1.29, 1.82) is 0 Å². The molecule has 0 aromatic heterocycles.